The molecule has 2 aliphatic rings. The van der Waals surface area contributed by atoms with E-state index >= 15 is 0 Å². The van der Waals surface area contributed by atoms with E-state index in [-0.39, 0.29) is 13.0 Å². The van der Waals surface area contributed by atoms with Gasteiger partial charge in [0.1, 0.15) is 31.4 Å². The zero-order valence-corrected chi connectivity index (χ0v) is 19.6. The molecule has 2 aliphatic heterocycles. The van der Waals surface area contributed by atoms with Crippen molar-refractivity contribution in [1.29, 1.82) is 0 Å². The number of ether oxygens (including phenoxy) is 1. The molecule has 37 heavy (non-hydrogen) atoms. The Labute approximate surface area is 211 Å². The predicted molar refractivity (Wildman–Crippen MR) is 129 cm³/mol. The van der Waals surface area contributed by atoms with Gasteiger partial charge < -0.3 is 20.5 Å². The lowest BCUT2D eigenvalue weighted by Gasteiger charge is -2.28. The average Bonchev–Trinajstić information content (AvgIpc) is 3.23. The molecular weight excluding hydrogens is 485 g/mol. The Morgan fingerprint density at radius 3 is 2.57 bits per heavy atom. The number of aliphatic carboxylic acids is 1. The van der Waals surface area contributed by atoms with Crippen LogP contribution in [-0.4, -0.2) is 59.6 Å². The number of carbonyl (C=O) groups excluding carboxylic acids is 4. The average molecular weight is 509 g/mol. The molecule has 0 fully saturated rings. The molecular formula is C26H24FN3O7. The summed E-state index contributed by atoms with van der Waals surface area (Å²) in [5.74, 6) is -3.91. The van der Waals surface area contributed by atoms with E-state index in [0.717, 1.165) is 5.56 Å². The molecule has 3 amide bonds. The number of halogens is 1. The third kappa shape index (κ3) is 5.66. The van der Waals surface area contributed by atoms with Crippen molar-refractivity contribution in [2.24, 2.45) is 0 Å². The summed E-state index contributed by atoms with van der Waals surface area (Å²) in [6, 6.07) is 10.3. The lowest BCUT2D eigenvalue weighted by molar-refractivity contribution is -0.140. The van der Waals surface area contributed by atoms with E-state index in [1.165, 1.54) is 11.0 Å². The summed E-state index contributed by atoms with van der Waals surface area (Å²) >= 11 is 0. The second-order valence-electron chi connectivity index (χ2n) is 8.58. The molecule has 192 valence electrons. The Kier molecular flexibility index (Phi) is 7.61. The molecule has 0 saturated carbocycles. The number of ketones is 1. The van der Waals surface area contributed by atoms with E-state index < -0.39 is 60.9 Å². The van der Waals surface area contributed by atoms with Gasteiger partial charge in [0.15, 0.2) is 5.78 Å². The molecule has 4 rings (SSSR count). The number of nitrogens with one attached hydrogen (secondary N) is 2. The SMILES string of the molecule is O=C(O)CC(NC(=O)[C@@H]1Cc2cccc3c2N1C(=O)[C@@H](NC(=O)OCc1ccccc1)C=C3)C(=O)CF. The number of alkyl carbamates (subject to hydrolysis) is 1. The highest BCUT2D eigenvalue weighted by Crippen LogP contribution is 2.38. The Morgan fingerprint density at radius 2 is 1.86 bits per heavy atom. The minimum absolute atomic E-state index is 0.00994. The van der Waals surface area contributed by atoms with E-state index in [1.807, 2.05) is 6.07 Å². The fourth-order valence-electron chi connectivity index (χ4n) is 4.35. The number of anilines is 1. The molecule has 0 aliphatic carbocycles. The molecule has 2 aromatic carbocycles. The zero-order chi connectivity index (χ0) is 26.5. The first-order valence-electron chi connectivity index (χ1n) is 11.5. The molecule has 2 heterocycles. The minimum atomic E-state index is -1.58. The van der Waals surface area contributed by atoms with Crippen LogP contribution in [0.2, 0.25) is 0 Å². The number of alkyl halides is 1. The van der Waals surface area contributed by atoms with Crippen LogP contribution in [-0.2, 0) is 36.9 Å². The monoisotopic (exact) mass is 509 g/mol. The smallest absolute Gasteiger partial charge is 0.408 e. The number of carboxylic acid groups (broad SMARTS) is 1. The molecule has 0 saturated heterocycles. The van der Waals surface area contributed by atoms with Crippen LogP contribution in [0.15, 0.2) is 54.6 Å². The Hall–Kier alpha value is -4.54. The van der Waals surface area contributed by atoms with E-state index in [1.54, 1.807) is 48.5 Å². The number of carboxylic acids is 1. The molecule has 0 radical (unpaired) electrons. The molecule has 11 heteroatoms. The van der Waals surface area contributed by atoms with Gasteiger partial charge in [0.2, 0.25) is 5.91 Å². The maximum absolute atomic E-state index is 13.6. The highest BCUT2D eigenvalue weighted by Gasteiger charge is 2.43. The quantitative estimate of drug-likeness (QED) is 0.468. The second-order valence-corrected chi connectivity index (χ2v) is 8.58. The van der Waals surface area contributed by atoms with E-state index in [9.17, 15) is 28.4 Å². The minimum Gasteiger partial charge on any atom is -0.481 e. The number of nitrogens with zero attached hydrogens (tertiary/aromatic N) is 1. The van der Waals surface area contributed by atoms with Gasteiger partial charge in [-0.3, -0.25) is 24.1 Å². The first-order valence-corrected chi connectivity index (χ1v) is 11.5. The molecule has 0 aromatic heterocycles. The summed E-state index contributed by atoms with van der Waals surface area (Å²) in [6.07, 6.45) is 1.58. The van der Waals surface area contributed by atoms with Crippen LogP contribution in [0, 0.1) is 0 Å². The second kappa shape index (κ2) is 11.0. The standard InChI is InChI=1S/C26H24FN3O7/c27-13-21(31)19(12-22(32)33)28-24(34)20-11-17-8-4-7-16-9-10-18(25(35)30(20)23(16)17)29-26(36)37-14-15-5-2-1-3-6-15/h1-10,18-20H,11-14H2,(H,28,34)(H,29,36)(H,32,33)/t18-,19?,20-/m0/s1. The first-order chi connectivity index (χ1) is 17.8. The Morgan fingerprint density at radius 1 is 1.11 bits per heavy atom. The van der Waals surface area contributed by atoms with Gasteiger partial charge in [-0.25, -0.2) is 9.18 Å². The Balaban J connectivity index is 1.53. The highest BCUT2D eigenvalue weighted by atomic mass is 19.1. The van der Waals surface area contributed by atoms with Gasteiger partial charge in [-0.2, -0.15) is 0 Å². The van der Waals surface area contributed by atoms with Crippen LogP contribution in [0.3, 0.4) is 0 Å². The van der Waals surface area contributed by atoms with Gasteiger partial charge in [0, 0.05) is 6.42 Å². The van der Waals surface area contributed by atoms with E-state index in [2.05, 4.69) is 10.6 Å². The van der Waals surface area contributed by atoms with Crippen LogP contribution in [0.25, 0.3) is 6.08 Å². The lowest BCUT2D eigenvalue weighted by Crippen LogP contribution is -2.56. The lowest BCUT2D eigenvalue weighted by atomic mass is 10.0. The summed E-state index contributed by atoms with van der Waals surface area (Å²) in [6.45, 7) is -1.46. The number of para-hydroxylation sites is 1. The van der Waals surface area contributed by atoms with Gasteiger partial charge >= 0.3 is 12.1 Å². The van der Waals surface area contributed by atoms with Crippen molar-refractivity contribution < 1.29 is 38.2 Å². The Bertz CT molecular complexity index is 1260. The first kappa shape index (κ1) is 25.5. The van der Waals surface area contributed by atoms with Crippen molar-refractivity contribution in [1.82, 2.24) is 10.6 Å². The molecule has 3 N–H and O–H groups in total. The fraction of sp³-hybridized carbons (Fsp3) is 0.269. The summed E-state index contributed by atoms with van der Waals surface area (Å²) in [7, 11) is 0. The van der Waals surface area contributed by atoms with Gasteiger partial charge in [0.25, 0.3) is 5.91 Å². The summed E-state index contributed by atoms with van der Waals surface area (Å²) in [4.78, 5) is 63.4. The summed E-state index contributed by atoms with van der Waals surface area (Å²) < 4.78 is 18.2. The van der Waals surface area contributed by atoms with Gasteiger partial charge in [-0.05, 0) is 16.7 Å². The van der Waals surface area contributed by atoms with Crippen LogP contribution >= 0.6 is 0 Å². The van der Waals surface area contributed by atoms with Crippen molar-refractivity contribution in [2.45, 2.75) is 37.6 Å². The van der Waals surface area contributed by atoms with E-state index in [0.29, 0.717) is 16.8 Å². The maximum atomic E-state index is 13.6. The van der Waals surface area contributed by atoms with Gasteiger partial charge in [-0.15, -0.1) is 0 Å². The normalized spacial score (nSPS) is 18.4. The van der Waals surface area contributed by atoms with Crippen LogP contribution in [0.4, 0.5) is 14.9 Å². The fourth-order valence-corrected chi connectivity index (χ4v) is 4.35. The summed E-state index contributed by atoms with van der Waals surface area (Å²) in [5, 5.41) is 13.8. The number of Topliss-reactive ketones (excluding diaryl/α,β-unsaturated/α-hetero) is 1. The van der Waals surface area contributed by atoms with Crippen molar-refractivity contribution >= 4 is 41.4 Å². The molecule has 1 unspecified atom stereocenters. The molecule has 0 spiro atoms. The maximum Gasteiger partial charge on any atom is 0.408 e. The third-order valence-corrected chi connectivity index (χ3v) is 6.09. The molecule has 10 nitrogen and oxygen atoms in total. The molecule has 2 aromatic rings. The van der Waals surface area contributed by atoms with Crippen molar-refractivity contribution in [3.63, 3.8) is 0 Å². The number of hydrogen-bond donors (Lipinski definition) is 3. The number of carbonyl (C=O) groups is 5. The predicted octanol–water partition coefficient (Wildman–Crippen LogP) is 1.76. The number of hydrogen-bond acceptors (Lipinski definition) is 6. The van der Waals surface area contributed by atoms with Gasteiger partial charge in [-0.1, -0.05) is 60.7 Å². The van der Waals surface area contributed by atoms with Crippen LogP contribution in [0.5, 0.6) is 0 Å². The third-order valence-electron chi connectivity index (χ3n) is 6.09. The number of benzene rings is 2. The largest absolute Gasteiger partial charge is 0.481 e. The van der Waals surface area contributed by atoms with Crippen molar-refractivity contribution in [2.75, 3.05) is 11.6 Å². The summed E-state index contributed by atoms with van der Waals surface area (Å²) in [5.41, 5.74) is 2.53. The van der Waals surface area contributed by atoms with Gasteiger partial charge in [0.05, 0.1) is 12.1 Å². The van der Waals surface area contributed by atoms with Crippen LogP contribution in [0.1, 0.15) is 23.1 Å². The highest BCUT2D eigenvalue weighted by molar-refractivity contribution is 6.10. The number of amides is 3. The van der Waals surface area contributed by atoms with E-state index in [4.69, 9.17) is 9.84 Å². The zero-order valence-electron chi connectivity index (χ0n) is 19.6. The topological polar surface area (TPSA) is 142 Å². The molecule has 0 bridgehead atoms. The van der Waals surface area contributed by atoms with Crippen molar-refractivity contribution in [3.05, 3.63) is 71.3 Å². The molecule has 3 atom stereocenters. The van der Waals surface area contributed by atoms with Crippen molar-refractivity contribution in [3.8, 4) is 0 Å². The van der Waals surface area contributed by atoms with Crippen LogP contribution < -0.4 is 15.5 Å². The number of rotatable bonds is 9.